The Bertz CT molecular complexity index is 478. The fourth-order valence-corrected chi connectivity index (χ4v) is 3.02. The van der Waals surface area contributed by atoms with Crippen LogP contribution in [-0.2, 0) is 0 Å². The third-order valence-corrected chi connectivity index (χ3v) is 4.15. The van der Waals surface area contributed by atoms with Gasteiger partial charge in [0, 0.05) is 24.7 Å². The van der Waals surface area contributed by atoms with Gasteiger partial charge in [0.1, 0.15) is 0 Å². The molecule has 0 aromatic heterocycles. The number of carbonyl (C=O) groups excluding carboxylic acids is 1. The van der Waals surface area contributed by atoms with Gasteiger partial charge in [-0.25, -0.2) is 0 Å². The highest BCUT2D eigenvalue weighted by Gasteiger charge is 2.28. The minimum atomic E-state index is 0. The van der Waals surface area contributed by atoms with Gasteiger partial charge < -0.3 is 10.6 Å². The molecule has 2 unspecified atom stereocenters. The summed E-state index contributed by atoms with van der Waals surface area (Å²) in [6.45, 7) is 9.78. The molecule has 2 rings (SSSR count). The van der Waals surface area contributed by atoms with Gasteiger partial charge in [0.2, 0.25) is 0 Å². The zero-order valence-corrected chi connectivity index (χ0v) is 13.6. The number of aryl methyl sites for hydroxylation is 3. The van der Waals surface area contributed by atoms with Crippen molar-refractivity contribution in [1.29, 1.82) is 0 Å². The SMILES string of the molecule is Cc1cc(C)c(C(=O)N2CCC(N)C(C)C2)c(C)c1.Cl. The molecule has 0 bridgehead atoms. The van der Waals surface area contributed by atoms with Gasteiger partial charge in [-0.3, -0.25) is 4.79 Å². The van der Waals surface area contributed by atoms with E-state index in [2.05, 4.69) is 26.0 Å². The Kier molecular flexibility index (Phi) is 5.60. The lowest BCUT2D eigenvalue weighted by atomic mass is 9.93. The first-order valence-electron chi connectivity index (χ1n) is 7.03. The Labute approximate surface area is 127 Å². The van der Waals surface area contributed by atoms with Crippen LogP contribution in [0.4, 0.5) is 0 Å². The van der Waals surface area contributed by atoms with E-state index in [1.807, 2.05) is 18.7 Å². The smallest absolute Gasteiger partial charge is 0.254 e. The minimum absolute atomic E-state index is 0. The number of nitrogens with two attached hydrogens (primary N) is 1. The molecule has 1 aliphatic heterocycles. The van der Waals surface area contributed by atoms with Crippen LogP contribution in [0.25, 0.3) is 0 Å². The number of amides is 1. The van der Waals surface area contributed by atoms with Crippen molar-refractivity contribution < 1.29 is 4.79 Å². The highest BCUT2D eigenvalue weighted by Crippen LogP contribution is 2.22. The molecule has 1 amide bonds. The molecule has 1 saturated heterocycles. The highest BCUT2D eigenvalue weighted by molar-refractivity contribution is 5.97. The van der Waals surface area contributed by atoms with E-state index in [1.54, 1.807) is 0 Å². The van der Waals surface area contributed by atoms with Gasteiger partial charge in [0.25, 0.3) is 5.91 Å². The van der Waals surface area contributed by atoms with E-state index in [-0.39, 0.29) is 24.4 Å². The normalized spacial score (nSPS) is 22.4. The summed E-state index contributed by atoms with van der Waals surface area (Å²) in [5.74, 6) is 0.539. The third kappa shape index (κ3) is 3.33. The zero-order chi connectivity index (χ0) is 14.2. The molecule has 3 nitrogen and oxygen atoms in total. The maximum atomic E-state index is 12.7. The van der Waals surface area contributed by atoms with E-state index in [4.69, 9.17) is 5.73 Å². The van der Waals surface area contributed by atoms with Crippen molar-refractivity contribution in [3.05, 3.63) is 34.4 Å². The Morgan fingerprint density at radius 1 is 1.25 bits per heavy atom. The lowest BCUT2D eigenvalue weighted by Crippen LogP contribution is -2.48. The molecule has 2 N–H and O–H groups in total. The summed E-state index contributed by atoms with van der Waals surface area (Å²) in [7, 11) is 0. The maximum absolute atomic E-state index is 12.7. The third-order valence-electron chi connectivity index (χ3n) is 4.15. The van der Waals surface area contributed by atoms with Crippen molar-refractivity contribution in [3.8, 4) is 0 Å². The quantitative estimate of drug-likeness (QED) is 0.866. The van der Waals surface area contributed by atoms with Crippen molar-refractivity contribution in [2.45, 2.75) is 40.2 Å². The predicted octanol–water partition coefficient (Wildman–Crippen LogP) is 2.84. The van der Waals surface area contributed by atoms with Gasteiger partial charge in [-0.05, 0) is 44.2 Å². The van der Waals surface area contributed by atoms with E-state index in [1.165, 1.54) is 5.56 Å². The molecule has 0 saturated carbocycles. The first-order chi connectivity index (χ1) is 8.90. The number of piperidine rings is 1. The Balaban J connectivity index is 0.00000200. The molecule has 112 valence electrons. The van der Waals surface area contributed by atoms with Crippen LogP contribution in [0.1, 0.15) is 40.4 Å². The number of rotatable bonds is 1. The van der Waals surface area contributed by atoms with Crippen LogP contribution in [0.5, 0.6) is 0 Å². The zero-order valence-electron chi connectivity index (χ0n) is 12.8. The van der Waals surface area contributed by atoms with Crippen molar-refractivity contribution in [3.63, 3.8) is 0 Å². The van der Waals surface area contributed by atoms with Crippen molar-refractivity contribution in [1.82, 2.24) is 4.90 Å². The van der Waals surface area contributed by atoms with Gasteiger partial charge in [-0.1, -0.05) is 24.6 Å². The van der Waals surface area contributed by atoms with Gasteiger partial charge in [0.05, 0.1) is 0 Å². The molecule has 1 aromatic carbocycles. The molecule has 0 radical (unpaired) electrons. The first-order valence-corrected chi connectivity index (χ1v) is 7.03. The van der Waals surface area contributed by atoms with E-state index >= 15 is 0 Å². The van der Waals surface area contributed by atoms with E-state index < -0.39 is 0 Å². The second-order valence-electron chi connectivity index (χ2n) is 5.95. The number of hydrogen-bond acceptors (Lipinski definition) is 2. The number of carbonyl (C=O) groups is 1. The molecule has 4 heteroatoms. The predicted molar refractivity (Wildman–Crippen MR) is 85.6 cm³/mol. The molecule has 2 atom stereocenters. The Hall–Kier alpha value is -1.06. The van der Waals surface area contributed by atoms with Crippen molar-refractivity contribution in [2.24, 2.45) is 11.7 Å². The van der Waals surface area contributed by atoms with Crippen LogP contribution in [0.2, 0.25) is 0 Å². The van der Waals surface area contributed by atoms with Crippen molar-refractivity contribution >= 4 is 18.3 Å². The second kappa shape index (κ2) is 6.59. The monoisotopic (exact) mass is 296 g/mol. The second-order valence-corrected chi connectivity index (χ2v) is 5.95. The van der Waals surface area contributed by atoms with Crippen LogP contribution in [-0.4, -0.2) is 29.9 Å². The van der Waals surface area contributed by atoms with Gasteiger partial charge in [-0.2, -0.15) is 0 Å². The first kappa shape index (κ1) is 17.0. The molecule has 1 fully saturated rings. The molecule has 20 heavy (non-hydrogen) atoms. The van der Waals surface area contributed by atoms with E-state index in [9.17, 15) is 4.79 Å². The van der Waals surface area contributed by atoms with E-state index in [0.717, 1.165) is 36.2 Å². The molecule has 1 aliphatic rings. The van der Waals surface area contributed by atoms with Gasteiger partial charge >= 0.3 is 0 Å². The average Bonchev–Trinajstić information content (AvgIpc) is 2.31. The molecular formula is C16H25ClN2O. The standard InChI is InChI=1S/C16H24N2O.ClH/c1-10-7-11(2)15(12(3)8-10)16(19)18-6-5-14(17)13(4)9-18;/h7-8,13-14H,5-6,9,17H2,1-4H3;1H. The summed E-state index contributed by atoms with van der Waals surface area (Å²) in [4.78, 5) is 14.6. The van der Waals surface area contributed by atoms with Crippen LogP contribution >= 0.6 is 12.4 Å². The van der Waals surface area contributed by atoms with Crippen LogP contribution in [0.15, 0.2) is 12.1 Å². The van der Waals surface area contributed by atoms with Gasteiger partial charge in [0.15, 0.2) is 0 Å². The number of halogens is 1. The molecular weight excluding hydrogens is 272 g/mol. The molecule has 1 aromatic rings. The fourth-order valence-electron chi connectivity index (χ4n) is 3.02. The number of likely N-dealkylation sites (tertiary alicyclic amines) is 1. The maximum Gasteiger partial charge on any atom is 0.254 e. The molecule has 1 heterocycles. The summed E-state index contributed by atoms with van der Waals surface area (Å²) in [5, 5.41) is 0. The Morgan fingerprint density at radius 3 is 2.30 bits per heavy atom. The summed E-state index contributed by atoms with van der Waals surface area (Å²) in [6.07, 6.45) is 0.900. The summed E-state index contributed by atoms with van der Waals surface area (Å²) in [6, 6.07) is 4.39. The van der Waals surface area contributed by atoms with Crippen LogP contribution in [0.3, 0.4) is 0 Å². The number of benzene rings is 1. The molecule has 0 aliphatic carbocycles. The summed E-state index contributed by atoms with van der Waals surface area (Å²) in [5.41, 5.74) is 10.2. The topological polar surface area (TPSA) is 46.3 Å². The minimum Gasteiger partial charge on any atom is -0.338 e. The largest absolute Gasteiger partial charge is 0.338 e. The average molecular weight is 297 g/mol. The fraction of sp³-hybridized carbons (Fsp3) is 0.562. The lowest BCUT2D eigenvalue weighted by Gasteiger charge is -2.35. The highest BCUT2D eigenvalue weighted by atomic mass is 35.5. The summed E-state index contributed by atoms with van der Waals surface area (Å²) >= 11 is 0. The van der Waals surface area contributed by atoms with Crippen molar-refractivity contribution in [2.75, 3.05) is 13.1 Å². The lowest BCUT2D eigenvalue weighted by molar-refractivity contribution is 0.0662. The van der Waals surface area contributed by atoms with Crippen LogP contribution < -0.4 is 5.73 Å². The molecule has 0 spiro atoms. The van der Waals surface area contributed by atoms with E-state index in [0.29, 0.717) is 5.92 Å². The van der Waals surface area contributed by atoms with Gasteiger partial charge in [-0.15, -0.1) is 12.4 Å². The number of hydrogen-bond donors (Lipinski definition) is 1. The summed E-state index contributed by atoms with van der Waals surface area (Å²) < 4.78 is 0. The van der Waals surface area contributed by atoms with Crippen LogP contribution in [0, 0.1) is 26.7 Å². The Morgan fingerprint density at radius 2 is 1.80 bits per heavy atom. The number of nitrogens with zero attached hydrogens (tertiary/aromatic N) is 1.